The van der Waals surface area contributed by atoms with Gasteiger partial charge in [0.25, 0.3) is 0 Å². The van der Waals surface area contributed by atoms with Crippen LogP contribution < -0.4 is 4.90 Å². The zero-order chi connectivity index (χ0) is 22.1. The molecule has 3 aromatic rings. The Labute approximate surface area is 188 Å². The maximum atomic E-state index is 11.6. The third-order valence-corrected chi connectivity index (χ3v) is 6.94. The Kier molecular flexibility index (Phi) is 5.89. The van der Waals surface area contributed by atoms with Crippen LogP contribution in [0.5, 0.6) is 0 Å². The van der Waals surface area contributed by atoms with Gasteiger partial charge in [-0.1, -0.05) is 49.6 Å². The summed E-state index contributed by atoms with van der Waals surface area (Å²) in [4.78, 5) is 23.6. The summed E-state index contributed by atoms with van der Waals surface area (Å²) >= 11 is 0. The first-order valence-corrected chi connectivity index (χ1v) is 11.5. The van der Waals surface area contributed by atoms with E-state index < -0.39 is 5.97 Å². The predicted molar refractivity (Wildman–Crippen MR) is 125 cm³/mol. The van der Waals surface area contributed by atoms with E-state index in [2.05, 4.69) is 41.0 Å². The third kappa shape index (κ3) is 3.78. The Morgan fingerprint density at radius 3 is 2.69 bits per heavy atom. The van der Waals surface area contributed by atoms with Gasteiger partial charge in [0.2, 0.25) is 0 Å². The minimum atomic E-state index is -0.803. The molecule has 2 heterocycles. The molecule has 0 atom stereocenters. The summed E-state index contributed by atoms with van der Waals surface area (Å²) in [6, 6.07) is 14.9. The van der Waals surface area contributed by atoms with Crippen LogP contribution in [-0.2, 0) is 27.7 Å². The number of carboxylic acid groups (broad SMARTS) is 1. The maximum absolute atomic E-state index is 11.6. The van der Waals surface area contributed by atoms with E-state index in [0.29, 0.717) is 19.1 Å². The van der Waals surface area contributed by atoms with Crippen molar-refractivity contribution in [2.45, 2.75) is 51.2 Å². The highest BCUT2D eigenvalue weighted by Gasteiger charge is 2.30. The van der Waals surface area contributed by atoms with Crippen LogP contribution in [0.25, 0.3) is 22.2 Å². The number of hydrogen-bond acceptors (Lipinski definition) is 4. The standard InChI is InChI=1S/C26H30N2O4/c1-31-32-17-18-11-12-20-23(15-18)28-14-13-27(16-24(29)30)22-10-6-5-9-21(22)26(28)25(20)19-7-3-2-4-8-19/h5-6,9-12,15,19H,2-4,7-8,13-14,16-17H2,1H3,(H,29,30). The van der Waals surface area contributed by atoms with Gasteiger partial charge in [-0.3, -0.25) is 4.79 Å². The topological polar surface area (TPSA) is 63.9 Å². The lowest BCUT2D eigenvalue weighted by Crippen LogP contribution is -2.31. The van der Waals surface area contributed by atoms with Crippen molar-refractivity contribution in [2.75, 3.05) is 25.1 Å². The summed E-state index contributed by atoms with van der Waals surface area (Å²) in [6.07, 6.45) is 6.27. The fraction of sp³-hybridized carbons (Fsp3) is 0.423. The third-order valence-electron chi connectivity index (χ3n) is 6.94. The minimum absolute atomic E-state index is 0.00543. The first kappa shape index (κ1) is 21.0. The Morgan fingerprint density at radius 2 is 1.91 bits per heavy atom. The van der Waals surface area contributed by atoms with E-state index in [1.54, 1.807) is 0 Å². The fourth-order valence-corrected chi connectivity index (χ4v) is 5.58. The molecular weight excluding hydrogens is 404 g/mol. The van der Waals surface area contributed by atoms with Gasteiger partial charge in [-0.15, -0.1) is 0 Å². The van der Waals surface area contributed by atoms with Crippen molar-refractivity contribution in [2.24, 2.45) is 0 Å². The van der Waals surface area contributed by atoms with E-state index in [-0.39, 0.29) is 6.54 Å². The number of nitrogens with zero attached hydrogens (tertiary/aromatic N) is 2. The number of aliphatic carboxylic acids is 1. The summed E-state index contributed by atoms with van der Waals surface area (Å²) in [5, 5.41) is 10.8. The molecule has 2 aromatic carbocycles. The van der Waals surface area contributed by atoms with Crippen LogP contribution in [0, 0.1) is 0 Å². The van der Waals surface area contributed by atoms with Gasteiger partial charge >= 0.3 is 5.97 Å². The van der Waals surface area contributed by atoms with Crippen LogP contribution in [0.2, 0.25) is 0 Å². The number of fused-ring (bicyclic) bond motifs is 5. The molecule has 1 fully saturated rings. The van der Waals surface area contributed by atoms with Crippen LogP contribution >= 0.6 is 0 Å². The Balaban J connectivity index is 1.73. The summed E-state index contributed by atoms with van der Waals surface area (Å²) in [6.45, 7) is 1.80. The summed E-state index contributed by atoms with van der Waals surface area (Å²) < 4.78 is 2.41. The normalized spacial score (nSPS) is 16.6. The largest absolute Gasteiger partial charge is 0.480 e. The molecule has 0 saturated heterocycles. The van der Waals surface area contributed by atoms with Crippen molar-refractivity contribution < 1.29 is 19.7 Å². The second-order valence-corrected chi connectivity index (χ2v) is 8.86. The van der Waals surface area contributed by atoms with Crippen molar-refractivity contribution in [3.05, 3.63) is 53.6 Å². The van der Waals surface area contributed by atoms with Gasteiger partial charge in [-0.2, -0.15) is 0 Å². The molecule has 0 spiro atoms. The number of hydrogen-bond donors (Lipinski definition) is 1. The predicted octanol–water partition coefficient (Wildman–Crippen LogP) is 5.34. The Morgan fingerprint density at radius 1 is 1.09 bits per heavy atom. The molecule has 1 saturated carbocycles. The Hall–Kier alpha value is -2.83. The SMILES string of the molecule is COOCc1ccc2c(C3CCCCC3)c3n(c2c1)CCN(CC(=O)O)c1ccccc1-3. The van der Waals surface area contributed by atoms with Crippen LogP contribution in [0.3, 0.4) is 0 Å². The molecule has 0 amide bonds. The molecule has 1 aromatic heterocycles. The molecule has 1 aliphatic heterocycles. The van der Waals surface area contributed by atoms with Crippen molar-refractivity contribution in [3.63, 3.8) is 0 Å². The average Bonchev–Trinajstić information content (AvgIpc) is 3.05. The van der Waals surface area contributed by atoms with Gasteiger partial charge < -0.3 is 14.6 Å². The molecule has 32 heavy (non-hydrogen) atoms. The number of aromatic nitrogens is 1. The maximum Gasteiger partial charge on any atom is 0.323 e. The molecule has 2 aliphatic rings. The molecule has 6 heteroatoms. The molecule has 1 aliphatic carbocycles. The molecule has 5 rings (SSSR count). The number of para-hydroxylation sites is 1. The highest BCUT2D eigenvalue weighted by molar-refractivity contribution is 5.96. The van der Waals surface area contributed by atoms with Gasteiger partial charge in [0.1, 0.15) is 13.2 Å². The quantitative estimate of drug-likeness (QED) is 0.419. The fourth-order valence-electron chi connectivity index (χ4n) is 5.58. The van der Waals surface area contributed by atoms with Crippen LogP contribution in [0.15, 0.2) is 42.5 Å². The summed E-state index contributed by atoms with van der Waals surface area (Å²) in [5.74, 6) is -0.273. The smallest absolute Gasteiger partial charge is 0.323 e. The van der Waals surface area contributed by atoms with Crippen LogP contribution in [0.1, 0.15) is 49.1 Å². The van der Waals surface area contributed by atoms with E-state index >= 15 is 0 Å². The second kappa shape index (κ2) is 8.96. The number of anilines is 1. The average molecular weight is 435 g/mol. The molecular formula is C26H30N2O4. The number of carboxylic acids is 1. The summed E-state index contributed by atoms with van der Waals surface area (Å²) in [5.41, 5.74) is 7.11. The van der Waals surface area contributed by atoms with Crippen molar-refractivity contribution in [1.82, 2.24) is 4.57 Å². The van der Waals surface area contributed by atoms with Gasteiger partial charge in [0.15, 0.2) is 0 Å². The van der Waals surface area contributed by atoms with Gasteiger partial charge in [-0.05, 0) is 42.0 Å². The molecule has 0 bridgehead atoms. The number of rotatable bonds is 6. The van der Waals surface area contributed by atoms with Gasteiger partial charge in [-0.25, -0.2) is 9.78 Å². The van der Waals surface area contributed by atoms with Crippen molar-refractivity contribution >= 4 is 22.6 Å². The van der Waals surface area contributed by atoms with E-state index in [1.165, 1.54) is 61.4 Å². The zero-order valence-corrected chi connectivity index (χ0v) is 18.5. The van der Waals surface area contributed by atoms with Crippen LogP contribution in [0.4, 0.5) is 5.69 Å². The zero-order valence-electron chi connectivity index (χ0n) is 18.5. The highest BCUT2D eigenvalue weighted by Crippen LogP contribution is 2.47. The second-order valence-electron chi connectivity index (χ2n) is 8.86. The Bertz CT molecular complexity index is 1130. The van der Waals surface area contributed by atoms with E-state index in [9.17, 15) is 9.90 Å². The van der Waals surface area contributed by atoms with Crippen molar-refractivity contribution in [1.29, 1.82) is 0 Å². The number of benzene rings is 2. The molecule has 168 valence electrons. The molecule has 6 nitrogen and oxygen atoms in total. The van der Waals surface area contributed by atoms with Gasteiger partial charge in [0.05, 0.1) is 12.8 Å². The first-order valence-electron chi connectivity index (χ1n) is 11.5. The van der Waals surface area contributed by atoms with E-state index in [1.807, 2.05) is 11.0 Å². The highest BCUT2D eigenvalue weighted by atomic mass is 17.2. The lowest BCUT2D eigenvalue weighted by atomic mass is 9.81. The lowest BCUT2D eigenvalue weighted by molar-refractivity contribution is -0.282. The minimum Gasteiger partial charge on any atom is -0.480 e. The van der Waals surface area contributed by atoms with Crippen molar-refractivity contribution in [3.8, 4) is 11.3 Å². The van der Waals surface area contributed by atoms with E-state index in [4.69, 9.17) is 9.78 Å². The lowest BCUT2D eigenvalue weighted by Gasteiger charge is -2.25. The van der Waals surface area contributed by atoms with E-state index in [0.717, 1.165) is 23.4 Å². The van der Waals surface area contributed by atoms with Gasteiger partial charge in [0, 0.05) is 35.2 Å². The molecule has 0 unspecified atom stereocenters. The van der Waals surface area contributed by atoms with Crippen LogP contribution in [-0.4, -0.2) is 35.8 Å². The number of carbonyl (C=O) groups is 1. The molecule has 1 N–H and O–H groups in total. The molecule has 0 radical (unpaired) electrons. The summed E-state index contributed by atoms with van der Waals surface area (Å²) in [7, 11) is 1.52. The monoisotopic (exact) mass is 434 g/mol. The first-order chi connectivity index (χ1) is 15.7.